The van der Waals surface area contributed by atoms with Crippen molar-refractivity contribution in [3.05, 3.63) is 59.7 Å². The Morgan fingerprint density at radius 3 is 2.19 bits per heavy atom. The van der Waals surface area contributed by atoms with E-state index in [4.69, 9.17) is 9.84 Å². The molecule has 2 aromatic rings. The molecule has 0 fully saturated rings. The minimum atomic E-state index is -1.16. The molecule has 1 unspecified atom stereocenters. The molecule has 4 N–H and O–H groups in total. The number of aliphatic hydroxyl groups excluding tert-OH is 1. The third kappa shape index (κ3) is 5.64. The van der Waals surface area contributed by atoms with Crippen molar-refractivity contribution in [2.45, 2.75) is 44.2 Å². The van der Waals surface area contributed by atoms with E-state index in [0.717, 1.165) is 22.3 Å². The van der Waals surface area contributed by atoms with E-state index in [9.17, 15) is 19.5 Å². The van der Waals surface area contributed by atoms with Gasteiger partial charge >= 0.3 is 12.1 Å². The second kappa shape index (κ2) is 10.8. The zero-order valence-electron chi connectivity index (χ0n) is 17.9. The van der Waals surface area contributed by atoms with Gasteiger partial charge < -0.3 is 25.6 Å². The predicted molar refractivity (Wildman–Crippen MR) is 118 cm³/mol. The van der Waals surface area contributed by atoms with E-state index in [1.165, 1.54) is 0 Å². The fraction of sp³-hybridized carbons (Fsp3) is 0.375. The Balaban J connectivity index is 1.47. The molecule has 0 spiro atoms. The molecule has 0 aromatic heterocycles. The van der Waals surface area contributed by atoms with Crippen LogP contribution in [0.25, 0.3) is 11.1 Å². The van der Waals surface area contributed by atoms with Gasteiger partial charge in [0.2, 0.25) is 5.91 Å². The number of carbonyl (C=O) groups is 3. The van der Waals surface area contributed by atoms with Gasteiger partial charge in [0.1, 0.15) is 12.6 Å². The minimum absolute atomic E-state index is 0.0737. The maximum atomic E-state index is 12.1. The summed E-state index contributed by atoms with van der Waals surface area (Å²) >= 11 is 0. The first-order chi connectivity index (χ1) is 15.4. The Labute approximate surface area is 186 Å². The van der Waals surface area contributed by atoms with Gasteiger partial charge in [0.15, 0.2) is 0 Å². The van der Waals surface area contributed by atoms with Gasteiger partial charge in [-0.25, -0.2) is 9.59 Å². The summed E-state index contributed by atoms with van der Waals surface area (Å²) in [5.74, 6) is -1.78. The SMILES string of the molecule is CCC[C@H](NC(=O)CC(O)CNC(=O)OCC1c2ccccc2-c2ccccc21)C(=O)O. The van der Waals surface area contributed by atoms with Crippen LogP contribution in [-0.4, -0.2) is 53.5 Å². The zero-order chi connectivity index (χ0) is 23.1. The molecule has 1 aliphatic rings. The molecule has 0 heterocycles. The van der Waals surface area contributed by atoms with Crippen LogP contribution in [-0.2, 0) is 14.3 Å². The number of nitrogens with one attached hydrogen (secondary N) is 2. The van der Waals surface area contributed by atoms with Crippen molar-refractivity contribution >= 4 is 18.0 Å². The molecular formula is C24H28N2O6. The summed E-state index contributed by atoms with van der Waals surface area (Å²) in [6, 6.07) is 15.0. The molecular weight excluding hydrogens is 412 g/mol. The standard InChI is InChI=1S/C24H28N2O6/c1-2-7-21(23(29)30)26-22(28)12-15(27)13-25-24(31)32-14-20-18-10-5-3-8-16(18)17-9-4-6-11-19(17)20/h3-6,8-11,15,20-21,27H,2,7,12-14H2,1H3,(H,25,31)(H,26,28)(H,29,30)/t15?,21-/m0/s1. The van der Waals surface area contributed by atoms with Crippen LogP contribution in [0.3, 0.4) is 0 Å². The zero-order valence-corrected chi connectivity index (χ0v) is 17.9. The Kier molecular flexibility index (Phi) is 7.83. The average Bonchev–Trinajstić information content (AvgIpc) is 3.09. The summed E-state index contributed by atoms with van der Waals surface area (Å²) in [7, 11) is 0. The molecule has 0 saturated carbocycles. The molecule has 0 radical (unpaired) electrons. The van der Waals surface area contributed by atoms with E-state index < -0.39 is 30.1 Å². The topological polar surface area (TPSA) is 125 Å². The summed E-state index contributed by atoms with van der Waals surface area (Å²) < 4.78 is 5.38. The van der Waals surface area contributed by atoms with Gasteiger partial charge in [-0.15, -0.1) is 0 Å². The smallest absolute Gasteiger partial charge is 0.407 e. The first-order valence-corrected chi connectivity index (χ1v) is 10.7. The van der Waals surface area contributed by atoms with Gasteiger partial charge in [0.05, 0.1) is 12.5 Å². The van der Waals surface area contributed by atoms with Gasteiger partial charge in [-0.2, -0.15) is 0 Å². The fourth-order valence-electron chi connectivity index (χ4n) is 3.94. The Hall–Kier alpha value is -3.39. The number of hydrogen-bond acceptors (Lipinski definition) is 5. The van der Waals surface area contributed by atoms with Crippen LogP contribution >= 0.6 is 0 Å². The van der Waals surface area contributed by atoms with E-state index in [0.29, 0.717) is 12.8 Å². The van der Waals surface area contributed by atoms with Crippen molar-refractivity contribution in [1.82, 2.24) is 10.6 Å². The van der Waals surface area contributed by atoms with E-state index in [2.05, 4.69) is 10.6 Å². The minimum Gasteiger partial charge on any atom is -0.480 e. The molecule has 8 heteroatoms. The van der Waals surface area contributed by atoms with Crippen LogP contribution in [0.1, 0.15) is 43.2 Å². The summed E-state index contributed by atoms with van der Waals surface area (Å²) in [4.78, 5) is 35.2. The van der Waals surface area contributed by atoms with Crippen LogP contribution in [0.15, 0.2) is 48.5 Å². The molecule has 0 aliphatic heterocycles. The molecule has 2 amide bonds. The van der Waals surface area contributed by atoms with E-state index in [1.54, 1.807) is 0 Å². The van der Waals surface area contributed by atoms with Gasteiger partial charge in [0, 0.05) is 12.5 Å². The van der Waals surface area contributed by atoms with E-state index in [-0.39, 0.29) is 25.5 Å². The lowest BCUT2D eigenvalue weighted by molar-refractivity contribution is -0.142. The summed E-state index contributed by atoms with van der Waals surface area (Å²) in [6.07, 6.45) is -1.28. The number of amides is 2. The number of hydrogen-bond donors (Lipinski definition) is 4. The van der Waals surface area contributed by atoms with Gasteiger partial charge in [-0.1, -0.05) is 61.9 Å². The molecule has 0 bridgehead atoms. The van der Waals surface area contributed by atoms with Crippen LogP contribution < -0.4 is 10.6 Å². The number of carboxylic acids is 1. The van der Waals surface area contributed by atoms with Crippen LogP contribution in [0.4, 0.5) is 4.79 Å². The maximum absolute atomic E-state index is 12.1. The third-order valence-electron chi connectivity index (χ3n) is 5.46. The highest BCUT2D eigenvalue weighted by molar-refractivity contribution is 5.83. The molecule has 32 heavy (non-hydrogen) atoms. The van der Waals surface area contributed by atoms with Crippen molar-refractivity contribution in [3.8, 4) is 11.1 Å². The molecule has 3 rings (SSSR count). The highest BCUT2D eigenvalue weighted by Gasteiger charge is 2.29. The number of aliphatic hydroxyl groups is 1. The summed E-state index contributed by atoms with van der Waals surface area (Å²) in [5, 5.41) is 23.9. The fourth-order valence-corrected chi connectivity index (χ4v) is 3.94. The van der Waals surface area contributed by atoms with Gasteiger partial charge in [-0.05, 0) is 28.7 Å². The molecule has 0 saturated heterocycles. The second-order valence-corrected chi connectivity index (χ2v) is 7.81. The third-order valence-corrected chi connectivity index (χ3v) is 5.46. The number of ether oxygens (including phenoxy) is 1. The van der Waals surface area contributed by atoms with E-state index in [1.807, 2.05) is 55.5 Å². The van der Waals surface area contributed by atoms with Crippen molar-refractivity contribution in [2.75, 3.05) is 13.2 Å². The van der Waals surface area contributed by atoms with Crippen molar-refractivity contribution < 1.29 is 29.3 Å². The van der Waals surface area contributed by atoms with E-state index >= 15 is 0 Å². The van der Waals surface area contributed by atoms with Gasteiger partial charge in [-0.3, -0.25) is 4.79 Å². The summed E-state index contributed by atoms with van der Waals surface area (Å²) in [6.45, 7) is 1.78. The number of carbonyl (C=O) groups excluding carboxylic acids is 2. The summed E-state index contributed by atoms with van der Waals surface area (Å²) in [5.41, 5.74) is 4.44. The molecule has 1 aliphatic carbocycles. The number of benzene rings is 2. The van der Waals surface area contributed by atoms with Crippen LogP contribution in [0, 0.1) is 0 Å². The highest BCUT2D eigenvalue weighted by atomic mass is 16.5. The van der Waals surface area contributed by atoms with Crippen molar-refractivity contribution in [3.63, 3.8) is 0 Å². The lowest BCUT2D eigenvalue weighted by Gasteiger charge is -2.17. The number of fused-ring (bicyclic) bond motifs is 3. The molecule has 2 aromatic carbocycles. The normalized spacial score (nSPS) is 14.1. The van der Waals surface area contributed by atoms with Crippen LogP contribution in [0.5, 0.6) is 0 Å². The number of aliphatic carboxylic acids is 1. The number of rotatable bonds is 10. The first kappa shape index (κ1) is 23.3. The first-order valence-electron chi connectivity index (χ1n) is 10.7. The second-order valence-electron chi connectivity index (χ2n) is 7.81. The van der Waals surface area contributed by atoms with Gasteiger partial charge in [0.25, 0.3) is 0 Å². The average molecular weight is 440 g/mol. The lowest BCUT2D eigenvalue weighted by atomic mass is 9.98. The Morgan fingerprint density at radius 1 is 1.03 bits per heavy atom. The maximum Gasteiger partial charge on any atom is 0.407 e. The number of carboxylic acid groups (broad SMARTS) is 1. The van der Waals surface area contributed by atoms with Crippen LogP contribution in [0.2, 0.25) is 0 Å². The largest absolute Gasteiger partial charge is 0.480 e. The molecule has 2 atom stereocenters. The Morgan fingerprint density at radius 2 is 1.62 bits per heavy atom. The Bertz CT molecular complexity index is 931. The lowest BCUT2D eigenvalue weighted by Crippen LogP contribution is -2.43. The number of alkyl carbamates (subject to hydrolysis) is 1. The van der Waals surface area contributed by atoms with Crippen molar-refractivity contribution in [2.24, 2.45) is 0 Å². The molecule has 8 nitrogen and oxygen atoms in total. The highest BCUT2D eigenvalue weighted by Crippen LogP contribution is 2.44. The van der Waals surface area contributed by atoms with Crippen molar-refractivity contribution in [1.29, 1.82) is 0 Å². The monoisotopic (exact) mass is 440 g/mol. The quantitative estimate of drug-likeness (QED) is 0.450. The molecule has 170 valence electrons. The predicted octanol–water partition coefficient (Wildman–Crippen LogP) is 2.65.